The van der Waals surface area contributed by atoms with Crippen LogP contribution in [0.5, 0.6) is 0 Å². The summed E-state index contributed by atoms with van der Waals surface area (Å²) in [7, 11) is 1.62. The summed E-state index contributed by atoms with van der Waals surface area (Å²) in [5, 5.41) is 0. The van der Waals surface area contributed by atoms with Gasteiger partial charge in [-0.1, -0.05) is 30.3 Å². The molecule has 0 atom stereocenters. The molecule has 0 radical (unpaired) electrons. The second-order valence-electron chi connectivity index (χ2n) is 3.26. The zero-order chi connectivity index (χ0) is 11.6. The molecular weight excluding hydrogens is 204 g/mol. The van der Waals surface area contributed by atoms with Crippen LogP contribution in [0.25, 0.3) is 6.08 Å². The molecule has 1 rings (SSSR count). The van der Waals surface area contributed by atoms with Crippen molar-refractivity contribution in [3.63, 3.8) is 0 Å². The first-order valence-electron chi connectivity index (χ1n) is 5.22. The predicted octanol–water partition coefficient (Wildman–Crippen LogP) is 2.28. The standard InChI is InChI=1S/C13H16O3/c1-15-10-5-11-16-13(14)9-8-12-6-3-2-4-7-12/h2-4,6-9H,5,10-11H2,1H3. The Morgan fingerprint density at radius 2 is 2.00 bits per heavy atom. The van der Waals surface area contributed by atoms with Gasteiger partial charge in [0.2, 0.25) is 0 Å². The second-order valence-corrected chi connectivity index (χ2v) is 3.26. The van der Waals surface area contributed by atoms with Gasteiger partial charge in [-0.25, -0.2) is 4.79 Å². The van der Waals surface area contributed by atoms with Crippen molar-refractivity contribution in [1.82, 2.24) is 0 Å². The highest BCUT2D eigenvalue weighted by atomic mass is 16.5. The summed E-state index contributed by atoms with van der Waals surface area (Å²) in [5.41, 5.74) is 0.983. The number of esters is 1. The van der Waals surface area contributed by atoms with Gasteiger partial charge in [0.25, 0.3) is 0 Å². The number of benzene rings is 1. The molecule has 0 unspecified atom stereocenters. The number of hydrogen-bond donors (Lipinski definition) is 0. The summed E-state index contributed by atoms with van der Waals surface area (Å²) in [4.78, 5) is 11.2. The number of ether oxygens (including phenoxy) is 2. The third-order valence-corrected chi connectivity index (χ3v) is 1.95. The molecule has 0 aromatic heterocycles. The van der Waals surface area contributed by atoms with Crippen LogP contribution in [0.1, 0.15) is 12.0 Å². The van der Waals surface area contributed by atoms with E-state index < -0.39 is 0 Å². The predicted molar refractivity (Wildman–Crippen MR) is 62.9 cm³/mol. The van der Waals surface area contributed by atoms with Gasteiger partial charge in [0.05, 0.1) is 6.61 Å². The van der Waals surface area contributed by atoms with Crippen LogP contribution in [0, 0.1) is 0 Å². The number of methoxy groups -OCH3 is 1. The topological polar surface area (TPSA) is 35.5 Å². The van der Waals surface area contributed by atoms with Gasteiger partial charge in [0.1, 0.15) is 0 Å². The molecule has 0 fully saturated rings. The normalized spacial score (nSPS) is 10.6. The van der Waals surface area contributed by atoms with E-state index in [9.17, 15) is 4.79 Å². The maximum absolute atomic E-state index is 11.2. The number of carbonyl (C=O) groups is 1. The van der Waals surface area contributed by atoms with Gasteiger partial charge in [-0.15, -0.1) is 0 Å². The van der Waals surface area contributed by atoms with E-state index in [0.717, 1.165) is 12.0 Å². The lowest BCUT2D eigenvalue weighted by molar-refractivity contribution is -0.138. The highest BCUT2D eigenvalue weighted by Crippen LogP contribution is 2.01. The van der Waals surface area contributed by atoms with Crippen molar-refractivity contribution in [3.05, 3.63) is 42.0 Å². The quantitative estimate of drug-likeness (QED) is 0.419. The zero-order valence-corrected chi connectivity index (χ0v) is 9.39. The Kier molecular flexibility index (Phi) is 5.96. The molecule has 0 aliphatic rings. The fourth-order valence-corrected chi connectivity index (χ4v) is 1.15. The summed E-state index contributed by atoms with van der Waals surface area (Å²) in [6.45, 7) is 1.00. The Morgan fingerprint density at radius 3 is 2.69 bits per heavy atom. The molecule has 1 aromatic carbocycles. The van der Waals surface area contributed by atoms with Crippen molar-refractivity contribution in [2.75, 3.05) is 20.3 Å². The highest BCUT2D eigenvalue weighted by Gasteiger charge is 1.95. The monoisotopic (exact) mass is 220 g/mol. The molecule has 3 nitrogen and oxygen atoms in total. The highest BCUT2D eigenvalue weighted by molar-refractivity contribution is 5.86. The molecule has 0 N–H and O–H groups in total. The van der Waals surface area contributed by atoms with Crippen LogP contribution in [0.4, 0.5) is 0 Å². The summed E-state index contributed by atoms with van der Waals surface area (Å²) in [5.74, 6) is -0.319. The fourth-order valence-electron chi connectivity index (χ4n) is 1.15. The molecule has 0 saturated heterocycles. The third kappa shape index (κ3) is 5.32. The van der Waals surface area contributed by atoms with Crippen LogP contribution < -0.4 is 0 Å². The Morgan fingerprint density at radius 1 is 1.25 bits per heavy atom. The van der Waals surface area contributed by atoms with Gasteiger partial charge in [-0.2, -0.15) is 0 Å². The van der Waals surface area contributed by atoms with Crippen molar-refractivity contribution in [2.45, 2.75) is 6.42 Å². The fraction of sp³-hybridized carbons (Fsp3) is 0.308. The summed E-state index contributed by atoms with van der Waals surface area (Å²) >= 11 is 0. The van der Waals surface area contributed by atoms with Crippen molar-refractivity contribution in [3.8, 4) is 0 Å². The minimum atomic E-state index is -0.319. The Balaban J connectivity index is 2.26. The Hall–Kier alpha value is -1.61. The van der Waals surface area contributed by atoms with Crippen LogP contribution in [0.15, 0.2) is 36.4 Å². The smallest absolute Gasteiger partial charge is 0.330 e. The second kappa shape index (κ2) is 7.65. The van der Waals surface area contributed by atoms with E-state index >= 15 is 0 Å². The number of carbonyl (C=O) groups excluding carboxylic acids is 1. The third-order valence-electron chi connectivity index (χ3n) is 1.95. The van der Waals surface area contributed by atoms with Gasteiger partial charge in [0.15, 0.2) is 0 Å². The van der Waals surface area contributed by atoms with E-state index in [-0.39, 0.29) is 5.97 Å². The maximum Gasteiger partial charge on any atom is 0.330 e. The van der Waals surface area contributed by atoms with Crippen LogP contribution >= 0.6 is 0 Å². The average Bonchev–Trinajstić information content (AvgIpc) is 2.33. The molecule has 0 aliphatic carbocycles. The van der Waals surface area contributed by atoms with E-state index in [0.29, 0.717) is 13.2 Å². The molecule has 0 bridgehead atoms. The van der Waals surface area contributed by atoms with Crippen LogP contribution in [0.2, 0.25) is 0 Å². The maximum atomic E-state index is 11.2. The van der Waals surface area contributed by atoms with Crippen molar-refractivity contribution in [1.29, 1.82) is 0 Å². The Bertz CT molecular complexity index is 330. The van der Waals surface area contributed by atoms with Crippen LogP contribution in [0.3, 0.4) is 0 Å². The Labute approximate surface area is 95.7 Å². The van der Waals surface area contributed by atoms with E-state index in [1.807, 2.05) is 30.3 Å². The number of hydrogen-bond acceptors (Lipinski definition) is 3. The van der Waals surface area contributed by atoms with Crippen molar-refractivity contribution < 1.29 is 14.3 Å². The molecule has 0 amide bonds. The van der Waals surface area contributed by atoms with Gasteiger partial charge >= 0.3 is 5.97 Å². The molecule has 0 saturated carbocycles. The molecule has 86 valence electrons. The molecular formula is C13H16O3. The lowest BCUT2D eigenvalue weighted by atomic mass is 10.2. The van der Waals surface area contributed by atoms with E-state index in [1.165, 1.54) is 6.08 Å². The largest absolute Gasteiger partial charge is 0.462 e. The van der Waals surface area contributed by atoms with Gasteiger partial charge in [0, 0.05) is 26.2 Å². The lowest BCUT2D eigenvalue weighted by Crippen LogP contribution is -2.04. The SMILES string of the molecule is COCCCOC(=O)C=Cc1ccccc1. The molecule has 1 aromatic rings. The van der Waals surface area contributed by atoms with Gasteiger partial charge in [-0.05, 0) is 11.6 Å². The van der Waals surface area contributed by atoms with Crippen LogP contribution in [-0.2, 0) is 14.3 Å². The number of rotatable bonds is 6. The molecule has 16 heavy (non-hydrogen) atoms. The van der Waals surface area contributed by atoms with Crippen LogP contribution in [-0.4, -0.2) is 26.3 Å². The van der Waals surface area contributed by atoms with E-state index in [1.54, 1.807) is 13.2 Å². The summed E-state index contributed by atoms with van der Waals surface area (Å²) < 4.78 is 9.80. The van der Waals surface area contributed by atoms with E-state index in [4.69, 9.17) is 9.47 Å². The molecule has 3 heteroatoms. The zero-order valence-electron chi connectivity index (χ0n) is 9.39. The first-order valence-corrected chi connectivity index (χ1v) is 5.22. The summed E-state index contributed by atoms with van der Waals surface area (Å²) in [6.07, 6.45) is 3.89. The van der Waals surface area contributed by atoms with E-state index in [2.05, 4.69) is 0 Å². The van der Waals surface area contributed by atoms with Gasteiger partial charge in [-0.3, -0.25) is 0 Å². The minimum Gasteiger partial charge on any atom is -0.462 e. The van der Waals surface area contributed by atoms with Crippen molar-refractivity contribution in [2.24, 2.45) is 0 Å². The minimum absolute atomic E-state index is 0.319. The first kappa shape index (κ1) is 12.5. The summed E-state index contributed by atoms with van der Waals surface area (Å²) in [6, 6.07) is 9.62. The average molecular weight is 220 g/mol. The lowest BCUT2D eigenvalue weighted by Gasteiger charge is -2.00. The molecule has 0 heterocycles. The first-order chi connectivity index (χ1) is 7.83. The molecule has 0 aliphatic heterocycles. The van der Waals surface area contributed by atoms with Gasteiger partial charge < -0.3 is 9.47 Å². The van der Waals surface area contributed by atoms with Crippen molar-refractivity contribution >= 4 is 12.0 Å². The molecule has 0 spiro atoms.